The lowest BCUT2D eigenvalue weighted by Gasteiger charge is -2.35. The quantitative estimate of drug-likeness (QED) is 0.151. The molecular weight excluding hydrogens is 979 g/mol. The van der Waals surface area contributed by atoms with E-state index in [1.807, 2.05) is 116 Å². The largest absolute Gasteiger partial charge is 0.354 e. The summed E-state index contributed by atoms with van der Waals surface area (Å²) in [5, 5.41) is 20.6. The number of carbonyl (C=O) groups is 9. The summed E-state index contributed by atoms with van der Waals surface area (Å²) in [6.07, 6.45) is 3.61. The number of nitrogens with zero attached hydrogens (tertiary/aromatic N) is 2. The van der Waals surface area contributed by atoms with Gasteiger partial charge in [-0.2, -0.15) is 0 Å². The molecule has 0 spiro atoms. The van der Waals surface area contributed by atoms with Crippen LogP contribution >= 0.6 is 0 Å². The van der Waals surface area contributed by atoms with Crippen molar-refractivity contribution in [3.05, 3.63) is 71.8 Å². The second kappa shape index (κ2) is 29.4. The van der Waals surface area contributed by atoms with Crippen molar-refractivity contribution in [1.29, 1.82) is 0 Å². The molecule has 0 radical (unpaired) electrons. The van der Waals surface area contributed by atoms with Crippen LogP contribution in [-0.2, 0) is 56.0 Å². The summed E-state index contributed by atoms with van der Waals surface area (Å²) in [4.78, 5) is 133. The van der Waals surface area contributed by atoms with E-state index in [0.717, 1.165) is 11.1 Å². The zero-order valence-electron chi connectivity index (χ0n) is 47.3. The fourth-order valence-electron chi connectivity index (χ4n) is 10.7. The zero-order chi connectivity index (χ0) is 56.5. The van der Waals surface area contributed by atoms with E-state index in [1.165, 1.54) is 9.80 Å². The van der Waals surface area contributed by atoms with Gasteiger partial charge in [-0.05, 0) is 91.6 Å². The summed E-state index contributed by atoms with van der Waals surface area (Å²) >= 11 is 0. The highest BCUT2D eigenvalue weighted by atomic mass is 16.2. The fraction of sp³-hybridized carbons (Fsp3) is 0.644. The van der Waals surface area contributed by atoms with E-state index >= 15 is 0 Å². The van der Waals surface area contributed by atoms with Gasteiger partial charge in [-0.25, -0.2) is 0 Å². The molecule has 2 aromatic rings. The highest BCUT2D eigenvalue weighted by Crippen LogP contribution is 2.27. The molecule has 3 aliphatic rings. The van der Waals surface area contributed by atoms with Gasteiger partial charge in [0.05, 0.1) is 0 Å². The smallest absolute Gasteiger partial charge is 0.246 e. The number of hydrogen-bond acceptors (Lipinski definition) is 9. The van der Waals surface area contributed by atoms with Gasteiger partial charge in [-0.15, -0.1) is 0 Å². The summed E-state index contributed by atoms with van der Waals surface area (Å²) in [5.74, 6) is -6.47. The summed E-state index contributed by atoms with van der Waals surface area (Å²) < 4.78 is 0. The van der Waals surface area contributed by atoms with E-state index in [2.05, 4.69) is 37.2 Å². The van der Waals surface area contributed by atoms with Crippen LogP contribution in [0.25, 0.3) is 0 Å². The molecule has 9 amide bonds. The molecule has 0 aliphatic carbocycles. The van der Waals surface area contributed by atoms with Crippen molar-refractivity contribution in [2.75, 3.05) is 19.6 Å². The minimum absolute atomic E-state index is 0.0418. The third kappa shape index (κ3) is 17.6. The third-order valence-electron chi connectivity index (χ3n) is 15.5. The first kappa shape index (κ1) is 61.5. The van der Waals surface area contributed by atoms with Crippen LogP contribution in [0, 0.1) is 35.5 Å². The van der Waals surface area contributed by atoms with Crippen molar-refractivity contribution in [2.45, 2.75) is 188 Å². The molecule has 18 nitrogen and oxygen atoms in total. The van der Waals surface area contributed by atoms with Gasteiger partial charge in [0.2, 0.25) is 53.2 Å². The number of nitrogens with one attached hydrogen (secondary N) is 7. The average molecular weight is 1070 g/mol. The molecule has 0 saturated carbocycles. The minimum atomic E-state index is -1.12. The van der Waals surface area contributed by atoms with E-state index in [4.69, 9.17) is 0 Å². The van der Waals surface area contributed by atoms with E-state index in [9.17, 15) is 43.2 Å². The molecule has 0 aromatic heterocycles. The third-order valence-corrected chi connectivity index (χ3v) is 15.5. The number of hydrogen-bond donors (Lipinski definition) is 7. The predicted molar refractivity (Wildman–Crippen MR) is 295 cm³/mol. The first-order valence-electron chi connectivity index (χ1n) is 28.4. The lowest BCUT2D eigenvalue weighted by molar-refractivity contribution is -0.148. The first-order chi connectivity index (χ1) is 36.6. The number of rotatable bonds is 13. The first-order valence-corrected chi connectivity index (χ1v) is 28.4. The summed E-state index contributed by atoms with van der Waals surface area (Å²) in [5.41, 5.74) is 1.71. The highest BCUT2D eigenvalue weighted by molar-refractivity contribution is 5.98. The Morgan fingerprint density at radius 3 is 1.45 bits per heavy atom. The Kier molecular flexibility index (Phi) is 23.5. The Labute approximate surface area is 456 Å². The predicted octanol–water partition coefficient (Wildman–Crippen LogP) is 4.34. The minimum Gasteiger partial charge on any atom is -0.354 e. The Balaban J connectivity index is 1.55. The molecule has 11 atom stereocenters. The van der Waals surface area contributed by atoms with Crippen molar-refractivity contribution in [1.82, 2.24) is 47.0 Å². The molecule has 424 valence electrons. The lowest BCUT2D eigenvalue weighted by Crippen LogP contribution is -2.62. The summed E-state index contributed by atoms with van der Waals surface area (Å²) in [6, 6.07) is 10.5. The monoisotopic (exact) mass is 1070 g/mol. The van der Waals surface area contributed by atoms with Crippen molar-refractivity contribution in [2.24, 2.45) is 35.5 Å². The van der Waals surface area contributed by atoms with E-state index in [1.54, 1.807) is 13.8 Å². The molecule has 18 heteroatoms. The van der Waals surface area contributed by atoms with Gasteiger partial charge in [0.15, 0.2) is 0 Å². The van der Waals surface area contributed by atoms with Gasteiger partial charge in [0, 0.05) is 32.5 Å². The second-order valence-electron chi connectivity index (χ2n) is 23.0. The van der Waals surface area contributed by atoms with Crippen LogP contribution in [0.2, 0.25) is 0 Å². The molecule has 0 unspecified atom stereocenters. The normalized spacial score (nSPS) is 27.2. The zero-order valence-corrected chi connectivity index (χ0v) is 47.3. The topological polar surface area (TPSA) is 244 Å². The van der Waals surface area contributed by atoms with E-state index in [-0.39, 0.29) is 63.1 Å². The van der Waals surface area contributed by atoms with E-state index in [0.29, 0.717) is 44.9 Å². The van der Waals surface area contributed by atoms with Crippen molar-refractivity contribution < 1.29 is 43.2 Å². The molecule has 0 bridgehead atoms. The summed E-state index contributed by atoms with van der Waals surface area (Å²) in [7, 11) is 0. The molecule has 3 aliphatic heterocycles. The van der Waals surface area contributed by atoms with Crippen LogP contribution in [0.5, 0.6) is 0 Å². The SMILES string of the molecule is CC[C@H](C)[C@@H]1NC(=O)[C@H](CC(C)C)NC(=O)C[C@H](Cc2ccccc2)CNC(=O)[C@H](Cc2ccccc2)NC(=O)[C@@H]2CCCN2C(=O)[C@@H]2CCCN2C(=O)[C@H](C(C)C)NC(=O)[C@H](CC(C)C)NC(=O)[C@H]([C@@H](C)CC)NC1=O. The molecule has 2 aromatic carbocycles. The Morgan fingerprint density at radius 1 is 0.481 bits per heavy atom. The molecule has 3 saturated heterocycles. The van der Waals surface area contributed by atoms with Crippen LogP contribution in [0.1, 0.15) is 138 Å². The van der Waals surface area contributed by atoms with Gasteiger partial charge < -0.3 is 47.0 Å². The number of amides is 9. The van der Waals surface area contributed by atoms with Gasteiger partial charge >= 0.3 is 0 Å². The number of fused-ring (bicyclic) bond motifs is 2. The van der Waals surface area contributed by atoms with Crippen molar-refractivity contribution >= 4 is 53.2 Å². The molecule has 3 fully saturated rings. The standard InChI is InChI=1S/C59H89N9O9/c1-11-38(9)50-56(74)63-44(30-36(5)6)54(72)64-49(37(7)8)59(77)68-28-20-26-47(68)58(76)67-27-19-25-46(67)55(73)62-45(32-41-23-17-14-18-24-41)52(70)60-34-42(31-40-21-15-13-16-22-40)33-48(69)61-43(29-35(3)4)53(71)65-51(39(10)12-2)57(75)66-50/h13-18,21-24,35-39,42-47,49-51H,11-12,19-20,25-34H2,1-10H3,(H,60,70)(H,61,69)(H,62,73)(H,63,74)(H,64,72)(H,65,71)(H,66,75)/t38-,39-,42-,43-,44-,45-,46-,47-,49-,50-,51-/m0/s1. The molecule has 5 rings (SSSR count). The van der Waals surface area contributed by atoms with Gasteiger partial charge in [-0.1, -0.05) is 143 Å². The number of benzene rings is 2. The molecule has 77 heavy (non-hydrogen) atoms. The Bertz CT molecular complexity index is 2330. The Hall–Kier alpha value is -6.33. The van der Waals surface area contributed by atoms with Crippen LogP contribution in [0.4, 0.5) is 0 Å². The van der Waals surface area contributed by atoms with Gasteiger partial charge in [0.1, 0.15) is 48.3 Å². The van der Waals surface area contributed by atoms with Crippen molar-refractivity contribution in [3.63, 3.8) is 0 Å². The maximum absolute atomic E-state index is 14.7. The molecular formula is C59H89N9O9. The molecule has 3 heterocycles. The van der Waals surface area contributed by atoms with E-state index < -0.39 is 119 Å². The summed E-state index contributed by atoms with van der Waals surface area (Å²) in [6.45, 7) is 19.2. The van der Waals surface area contributed by atoms with Gasteiger partial charge in [0.25, 0.3) is 0 Å². The fourth-order valence-corrected chi connectivity index (χ4v) is 10.7. The van der Waals surface area contributed by atoms with Crippen LogP contribution in [0.15, 0.2) is 60.7 Å². The highest BCUT2D eigenvalue weighted by Gasteiger charge is 2.45. The lowest BCUT2D eigenvalue weighted by atomic mass is 9.93. The number of carbonyl (C=O) groups excluding carboxylic acids is 9. The second-order valence-corrected chi connectivity index (χ2v) is 23.0. The maximum atomic E-state index is 14.7. The van der Waals surface area contributed by atoms with Crippen molar-refractivity contribution in [3.8, 4) is 0 Å². The van der Waals surface area contributed by atoms with Crippen LogP contribution < -0.4 is 37.2 Å². The molecule has 7 N–H and O–H groups in total. The van der Waals surface area contributed by atoms with Gasteiger partial charge in [-0.3, -0.25) is 43.2 Å². The van der Waals surface area contributed by atoms with Crippen LogP contribution in [-0.4, -0.2) is 131 Å². The Morgan fingerprint density at radius 2 is 0.935 bits per heavy atom. The maximum Gasteiger partial charge on any atom is 0.246 e. The van der Waals surface area contributed by atoms with Crippen LogP contribution in [0.3, 0.4) is 0 Å². The average Bonchev–Trinajstić information content (AvgIpc) is 4.11.